The monoisotopic (exact) mass is 418 g/mol. The topological polar surface area (TPSA) is 63.8 Å². The molecule has 0 saturated heterocycles. The fourth-order valence-electron chi connectivity index (χ4n) is 4.53. The largest absolute Gasteiger partial charge is 0.497 e. The van der Waals surface area contributed by atoms with E-state index in [0.29, 0.717) is 22.8 Å². The molecule has 162 valence electrons. The van der Waals surface area contributed by atoms with Gasteiger partial charge in [0.1, 0.15) is 5.75 Å². The molecule has 0 aliphatic heterocycles. The molecular weight excluding hydrogens is 388 g/mol. The van der Waals surface area contributed by atoms with Gasteiger partial charge in [-0.15, -0.1) is 0 Å². The van der Waals surface area contributed by atoms with Gasteiger partial charge in [0.05, 0.1) is 25.3 Å². The summed E-state index contributed by atoms with van der Waals surface area (Å²) in [6, 6.07) is 15.2. The Bertz CT molecular complexity index is 1150. The fraction of sp³-hybridized carbons (Fsp3) is 0.385. The number of aliphatic imine (C=N–C) groups is 1. The molecule has 1 aromatic heterocycles. The van der Waals surface area contributed by atoms with Gasteiger partial charge in [0, 0.05) is 17.0 Å². The van der Waals surface area contributed by atoms with Crippen LogP contribution in [-0.2, 0) is 6.54 Å². The molecule has 31 heavy (non-hydrogen) atoms. The molecule has 5 heteroatoms. The van der Waals surface area contributed by atoms with E-state index in [1.807, 2.05) is 48.5 Å². The third-order valence-electron chi connectivity index (χ3n) is 6.75. The first-order valence-electron chi connectivity index (χ1n) is 11.0. The first-order chi connectivity index (χ1) is 15.0. The van der Waals surface area contributed by atoms with Crippen LogP contribution in [0.2, 0.25) is 0 Å². The molecule has 4 rings (SSSR count). The zero-order chi connectivity index (χ0) is 22.0. The number of fused-ring (bicyclic) bond motifs is 1. The van der Waals surface area contributed by atoms with Crippen molar-refractivity contribution in [2.24, 2.45) is 16.8 Å². The van der Waals surface area contributed by atoms with Crippen molar-refractivity contribution in [3.63, 3.8) is 0 Å². The molecule has 1 saturated carbocycles. The summed E-state index contributed by atoms with van der Waals surface area (Å²) in [7, 11) is 1.62. The molecule has 0 bridgehead atoms. The second-order valence-electron chi connectivity index (χ2n) is 8.64. The third kappa shape index (κ3) is 4.22. The number of hydrogen-bond acceptors (Lipinski definition) is 4. The molecule has 5 nitrogen and oxygen atoms in total. The zero-order valence-corrected chi connectivity index (χ0v) is 18.4. The van der Waals surface area contributed by atoms with E-state index in [4.69, 9.17) is 9.73 Å². The Labute approximate surface area is 183 Å². The van der Waals surface area contributed by atoms with Crippen molar-refractivity contribution in [2.45, 2.75) is 45.7 Å². The summed E-state index contributed by atoms with van der Waals surface area (Å²) < 4.78 is 6.64. The Morgan fingerprint density at radius 2 is 1.81 bits per heavy atom. The van der Waals surface area contributed by atoms with Crippen molar-refractivity contribution < 1.29 is 9.84 Å². The predicted molar refractivity (Wildman–Crippen MR) is 126 cm³/mol. The van der Waals surface area contributed by atoms with Crippen molar-refractivity contribution in [1.82, 2.24) is 4.57 Å². The van der Waals surface area contributed by atoms with Crippen molar-refractivity contribution in [2.75, 3.05) is 7.11 Å². The Morgan fingerprint density at radius 3 is 2.52 bits per heavy atom. The van der Waals surface area contributed by atoms with Crippen LogP contribution in [0.5, 0.6) is 11.6 Å². The first-order valence-corrected chi connectivity index (χ1v) is 11.0. The highest BCUT2D eigenvalue weighted by Crippen LogP contribution is 2.32. The number of benzene rings is 2. The molecule has 3 unspecified atom stereocenters. The lowest BCUT2D eigenvalue weighted by atomic mass is 9.78. The summed E-state index contributed by atoms with van der Waals surface area (Å²) in [6.07, 6.45) is 5.26. The molecule has 1 aliphatic carbocycles. The first kappa shape index (κ1) is 21.2. The van der Waals surface area contributed by atoms with Gasteiger partial charge in [-0.2, -0.15) is 0 Å². The van der Waals surface area contributed by atoms with Crippen LogP contribution in [-0.4, -0.2) is 29.0 Å². The minimum Gasteiger partial charge on any atom is -0.497 e. The number of nitrogens with zero attached hydrogens (tertiary/aromatic N) is 2. The van der Waals surface area contributed by atoms with Crippen LogP contribution in [0.15, 0.2) is 58.3 Å². The van der Waals surface area contributed by atoms with Crippen molar-refractivity contribution in [3.05, 3.63) is 70.0 Å². The quantitative estimate of drug-likeness (QED) is 0.593. The molecule has 0 amide bonds. The van der Waals surface area contributed by atoms with Crippen molar-refractivity contribution in [3.8, 4) is 11.6 Å². The number of pyridine rings is 1. The lowest BCUT2D eigenvalue weighted by molar-refractivity contribution is 0.242. The summed E-state index contributed by atoms with van der Waals surface area (Å²) in [5.74, 6) is 1.86. The number of hydrogen-bond donors (Lipinski definition) is 1. The van der Waals surface area contributed by atoms with Crippen molar-refractivity contribution >= 4 is 17.0 Å². The number of aromatic nitrogens is 1. The predicted octanol–water partition coefficient (Wildman–Crippen LogP) is 5.01. The molecule has 2 aromatic carbocycles. The molecular formula is C26H30N2O3. The van der Waals surface area contributed by atoms with E-state index >= 15 is 0 Å². The highest BCUT2D eigenvalue weighted by Gasteiger charge is 2.26. The number of methoxy groups -OCH3 is 1. The van der Waals surface area contributed by atoms with E-state index < -0.39 is 0 Å². The van der Waals surface area contributed by atoms with Gasteiger partial charge in [0.25, 0.3) is 5.56 Å². The van der Waals surface area contributed by atoms with Crippen LogP contribution in [0, 0.1) is 11.8 Å². The van der Waals surface area contributed by atoms with E-state index in [1.54, 1.807) is 13.3 Å². The summed E-state index contributed by atoms with van der Waals surface area (Å²) in [5, 5.41) is 12.4. The lowest BCUT2D eigenvalue weighted by Gasteiger charge is -2.31. The molecule has 1 N–H and O–H groups in total. The van der Waals surface area contributed by atoms with Crippen LogP contribution < -0.4 is 10.3 Å². The standard InChI is InChI=1S/C26H30N2O3/c1-17-7-6-10-24(18(17)2)27-15-23-21-8-4-5-9-22(21)25(29)28(26(23)30)16-19-11-13-20(31-3)14-12-19/h4-5,8-9,11-15,17-18,24,30H,6-7,10,16H2,1-3H3. The average Bonchev–Trinajstić information content (AvgIpc) is 2.79. The maximum Gasteiger partial charge on any atom is 0.261 e. The van der Waals surface area contributed by atoms with Gasteiger partial charge in [-0.05, 0) is 42.0 Å². The molecule has 3 aromatic rings. The maximum atomic E-state index is 13.2. The number of ether oxygens (including phenoxy) is 1. The van der Waals surface area contributed by atoms with E-state index in [1.165, 1.54) is 17.4 Å². The maximum absolute atomic E-state index is 13.2. The fourth-order valence-corrected chi connectivity index (χ4v) is 4.53. The second kappa shape index (κ2) is 8.96. The molecule has 1 heterocycles. The van der Waals surface area contributed by atoms with Crippen LogP contribution in [0.3, 0.4) is 0 Å². The molecule has 0 radical (unpaired) electrons. The summed E-state index contributed by atoms with van der Waals surface area (Å²) in [4.78, 5) is 18.0. The van der Waals surface area contributed by atoms with Crippen molar-refractivity contribution in [1.29, 1.82) is 0 Å². The van der Waals surface area contributed by atoms with Gasteiger partial charge in [0.2, 0.25) is 5.88 Å². The minimum atomic E-state index is -0.208. The van der Waals surface area contributed by atoms with Crippen LogP contribution >= 0.6 is 0 Å². The Kier molecular flexibility index (Phi) is 6.12. The number of aromatic hydroxyl groups is 1. The lowest BCUT2D eigenvalue weighted by Crippen LogP contribution is -2.27. The van der Waals surface area contributed by atoms with Gasteiger partial charge in [0.15, 0.2) is 0 Å². The Balaban J connectivity index is 1.77. The SMILES string of the molecule is COc1ccc(Cn2c(O)c(C=NC3CCCC(C)C3C)c3ccccc3c2=O)cc1. The number of rotatable bonds is 5. The van der Waals surface area contributed by atoms with Crippen LogP contribution in [0.25, 0.3) is 10.8 Å². The minimum absolute atomic E-state index is 0.0419. The molecule has 1 fully saturated rings. The average molecular weight is 419 g/mol. The zero-order valence-electron chi connectivity index (χ0n) is 18.4. The summed E-state index contributed by atoms with van der Waals surface area (Å²) in [6.45, 7) is 4.82. The highest BCUT2D eigenvalue weighted by molar-refractivity contribution is 6.01. The third-order valence-corrected chi connectivity index (χ3v) is 6.75. The van der Waals surface area contributed by atoms with Gasteiger partial charge in [-0.1, -0.05) is 57.0 Å². The Morgan fingerprint density at radius 1 is 1.10 bits per heavy atom. The van der Waals surface area contributed by atoms with Gasteiger partial charge < -0.3 is 9.84 Å². The van der Waals surface area contributed by atoms with E-state index in [-0.39, 0.29) is 24.0 Å². The Hall–Kier alpha value is -3.08. The van der Waals surface area contributed by atoms with E-state index in [9.17, 15) is 9.90 Å². The van der Waals surface area contributed by atoms with Crippen LogP contribution in [0.4, 0.5) is 0 Å². The van der Waals surface area contributed by atoms with Gasteiger partial charge >= 0.3 is 0 Å². The molecule has 0 spiro atoms. The molecule has 1 aliphatic rings. The highest BCUT2D eigenvalue weighted by atomic mass is 16.5. The smallest absolute Gasteiger partial charge is 0.261 e. The molecule has 3 atom stereocenters. The summed E-state index contributed by atoms with van der Waals surface area (Å²) >= 11 is 0. The van der Waals surface area contributed by atoms with Gasteiger partial charge in [-0.25, -0.2) is 0 Å². The van der Waals surface area contributed by atoms with E-state index in [2.05, 4.69) is 13.8 Å². The van der Waals surface area contributed by atoms with Crippen LogP contribution in [0.1, 0.15) is 44.2 Å². The second-order valence-corrected chi connectivity index (χ2v) is 8.64. The summed E-state index contributed by atoms with van der Waals surface area (Å²) in [5.41, 5.74) is 1.31. The normalized spacial score (nSPS) is 21.6. The van der Waals surface area contributed by atoms with E-state index in [0.717, 1.165) is 23.1 Å². The van der Waals surface area contributed by atoms with Gasteiger partial charge in [-0.3, -0.25) is 14.4 Å².